The number of ether oxygens (including phenoxy) is 2. The molecule has 0 spiro atoms. The van der Waals surface area contributed by atoms with Gasteiger partial charge in [0.15, 0.2) is 0 Å². The van der Waals surface area contributed by atoms with E-state index in [1.807, 2.05) is 29.6 Å². The number of amides is 1. The van der Waals surface area contributed by atoms with Crippen molar-refractivity contribution in [2.24, 2.45) is 5.10 Å². The molecular formula is C17H12ClN3O3S2. The lowest BCUT2D eigenvalue weighted by molar-refractivity contribution is -0.119. The highest BCUT2D eigenvalue weighted by Gasteiger charge is 2.26. The Morgan fingerprint density at radius 2 is 2.27 bits per heavy atom. The minimum absolute atomic E-state index is 0.0943. The molecule has 26 heavy (non-hydrogen) atoms. The van der Waals surface area contributed by atoms with E-state index in [2.05, 4.69) is 10.1 Å². The van der Waals surface area contributed by atoms with Crippen LogP contribution in [0.4, 0.5) is 5.13 Å². The highest BCUT2D eigenvalue weighted by molar-refractivity contribution is 7.22. The molecule has 1 aromatic carbocycles. The van der Waals surface area contributed by atoms with Gasteiger partial charge in [-0.1, -0.05) is 29.0 Å². The second kappa shape index (κ2) is 7.45. The zero-order valence-corrected chi connectivity index (χ0v) is 15.7. The molecule has 0 N–H and O–H groups in total. The summed E-state index contributed by atoms with van der Waals surface area (Å²) in [6, 6.07) is 9.20. The fraction of sp³-hybridized carbons (Fsp3) is 0.118. The Labute approximate surface area is 161 Å². The second-order valence-corrected chi connectivity index (χ2v) is 7.61. The van der Waals surface area contributed by atoms with Gasteiger partial charge in [-0.25, -0.2) is 4.98 Å². The lowest BCUT2D eigenvalue weighted by Crippen LogP contribution is -2.30. The van der Waals surface area contributed by atoms with Gasteiger partial charge in [-0.2, -0.15) is 10.1 Å². The minimum atomic E-state index is -0.442. The van der Waals surface area contributed by atoms with E-state index in [1.54, 1.807) is 12.3 Å². The Balaban J connectivity index is 1.73. The molecule has 0 aliphatic carbocycles. The SMILES string of the molecule is O=C(C1=COCCO1)N(/N=C\c1cccs1)c1nc2ccc(Cl)cc2s1. The summed E-state index contributed by atoms with van der Waals surface area (Å²) >= 11 is 8.89. The first-order valence-corrected chi connectivity index (χ1v) is 9.71. The molecule has 1 amide bonds. The predicted octanol–water partition coefficient (Wildman–Crippen LogP) is 4.27. The molecule has 0 saturated heterocycles. The largest absolute Gasteiger partial charge is 0.494 e. The summed E-state index contributed by atoms with van der Waals surface area (Å²) in [7, 11) is 0. The highest BCUT2D eigenvalue weighted by atomic mass is 35.5. The molecule has 0 radical (unpaired) electrons. The van der Waals surface area contributed by atoms with Gasteiger partial charge in [0, 0.05) is 9.90 Å². The van der Waals surface area contributed by atoms with Crippen LogP contribution in [0.3, 0.4) is 0 Å². The maximum absolute atomic E-state index is 12.9. The van der Waals surface area contributed by atoms with Crippen molar-refractivity contribution >= 4 is 61.7 Å². The van der Waals surface area contributed by atoms with E-state index >= 15 is 0 Å². The number of thiophene rings is 1. The molecule has 2 aromatic heterocycles. The second-order valence-electron chi connectivity index (χ2n) is 5.19. The molecule has 0 atom stereocenters. The number of rotatable bonds is 4. The fourth-order valence-electron chi connectivity index (χ4n) is 2.23. The topological polar surface area (TPSA) is 64.0 Å². The maximum Gasteiger partial charge on any atom is 0.319 e. The summed E-state index contributed by atoms with van der Waals surface area (Å²) in [6.07, 6.45) is 2.93. The molecule has 1 aliphatic rings. The van der Waals surface area contributed by atoms with Crippen LogP contribution in [0.1, 0.15) is 4.88 Å². The number of thiazole rings is 1. The summed E-state index contributed by atoms with van der Waals surface area (Å²) in [4.78, 5) is 18.3. The van der Waals surface area contributed by atoms with Gasteiger partial charge in [-0.3, -0.25) is 4.79 Å². The van der Waals surface area contributed by atoms with E-state index in [-0.39, 0.29) is 5.76 Å². The number of hydrogen-bond acceptors (Lipinski definition) is 7. The summed E-state index contributed by atoms with van der Waals surface area (Å²) in [6.45, 7) is 0.727. The third-order valence-electron chi connectivity index (χ3n) is 3.42. The number of aromatic nitrogens is 1. The van der Waals surface area contributed by atoms with Crippen molar-refractivity contribution < 1.29 is 14.3 Å². The summed E-state index contributed by atoms with van der Waals surface area (Å²) < 4.78 is 11.5. The van der Waals surface area contributed by atoms with Crippen LogP contribution in [-0.4, -0.2) is 30.3 Å². The molecule has 0 bridgehead atoms. The van der Waals surface area contributed by atoms with Crippen LogP contribution >= 0.6 is 34.3 Å². The van der Waals surface area contributed by atoms with Crippen molar-refractivity contribution in [3.05, 3.63) is 57.6 Å². The third-order valence-corrected chi connectivity index (χ3v) is 5.45. The van der Waals surface area contributed by atoms with Crippen LogP contribution in [-0.2, 0) is 14.3 Å². The normalized spacial score (nSPS) is 14.1. The number of benzene rings is 1. The van der Waals surface area contributed by atoms with E-state index in [0.717, 1.165) is 15.1 Å². The van der Waals surface area contributed by atoms with E-state index in [1.165, 1.54) is 33.9 Å². The Morgan fingerprint density at radius 1 is 1.35 bits per heavy atom. The van der Waals surface area contributed by atoms with Crippen LogP contribution < -0.4 is 5.01 Å². The van der Waals surface area contributed by atoms with Gasteiger partial charge in [-0.15, -0.1) is 11.3 Å². The molecule has 3 heterocycles. The number of hydrogen-bond donors (Lipinski definition) is 0. The molecule has 1 aliphatic heterocycles. The van der Waals surface area contributed by atoms with Crippen molar-refractivity contribution in [3.63, 3.8) is 0 Å². The monoisotopic (exact) mass is 405 g/mol. The van der Waals surface area contributed by atoms with Gasteiger partial charge in [-0.05, 0) is 29.6 Å². The lowest BCUT2D eigenvalue weighted by atomic mass is 10.3. The first-order chi connectivity index (χ1) is 12.7. The van der Waals surface area contributed by atoms with Crippen molar-refractivity contribution in [2.75, 3.05) is 18.2 Å². The molecule has 0 fully saturated rings. The minimum Gasteiger partial charge on any atom is -0.494 e. The van der Waals surface area contributed by atoms with Gasteiger partial charge in [0.2, 0.25) is 10.9 Å². The molecular weight excluding hydrogens is 394 g/mol. The van der Waals surface area contributed by atoms with Crippen molar-refractivity contribution in [1.29, 1.82) is 0 Å². The predicted molar refractivity (Wildman–Crippen MR) is 104 cm³/mol. The Hall–Kier alpha value is -2.42. The number of hydrazone groups is 1. The number of carbonyl (C=O) groups is 1. The van der Waals surface area contributed by atoms with Crippen molar-refractivity contribution in [2.45, 2.75) is 0 Å². The van der Waals surface area contributed by atoms with Crippen LogP contribution in [0.25, 0.3) is 10.2 Å². The van der Waals surface area contributed by atoms with Crippen LogP contribution in [0.15, 0.2) is 52.8 Å². The van der Waals surface area contributed by atoms with Crippen LogP contribution in [0, 0.1) is 0 Å². The maximum atomic E-state index is 12.9. The van der Waals surface area contributed by atoms with Gasteiger partial charge in [0.1, 0.15) is 19.5 Å². The zero-order valence-electron chi connectivity index (χ0n) is 13.3. The van der Waals surface area contributed by atoms with E-state index < -0.39 is 5.91 Å². The van der Waals surface area contributed by atoms with Gasteiger partial charge < -0.3 is 9.47 Å². The van der Waals surface area contributed by atoms with E-state index in [0.29, 0.717) is 23.4 Å². The molecule has 9 heteroatoms. The lowest BCUT2D eigenvalue weighted by Gasteiger charge is -2.18. The Bertz CT molecular complexity index is 998. The van der Waals surface area contributed by atoms with Crippen LogP contribution in [0.5, 0.6) is 0 Å². The summed E-state index contributed by atoms with van der Waals surface area (Å²) in [5, 5.41) is 8.53. The molecule has 0 unspecified atom stereocenters. The molecule has 3 aromatic rings. The first-order valence-electron chi connectivity index (χ1n) is 7.63. The molecule has 6 nitrogen and oxygen atoms in total. The highest BCUT2D eigenvalue weighted by Crippen LogP contribution is 2.32. The fourth-order valence-corrected chi connectivity index (χ4v) is 4.01. The smallest absolute Gasteiger partial charge is 0.319 e. The molecule has 132 valence electrons. The van der Waals surface area contributed by atoms with Gasteiger partial charge >= 0.3 is 5.91 Å². The average molecular weight is 406 g/mol. The van der Waals surface area contributed by atoms with Gasteiger partial charge in [0.05, 0.1) is 16.4 Å². The number of fused-ring (bicyclic) bond motifs is 1. The van der Waals surface area contributed by atoms with Crippen LogP contribution in [0.2, 0.25) is 5.02 Å². The van der Waals surface area contributed by atoms with E-state index in [4.69, 9.17) is 21.1 Å². The van der Waals surface area contributed by atoms with Crippen molar-refractivity contribution in [1.82, 2.24) is 4.98 Å². The number of halogens is 1. The number of carbonyl (C=O) groups excluding carboxylic acids is 1. The van der Waals surface area contributed by atoms with Gasteiger partial charge in [0.25, 0.3) is 0 Å². The zero-order chi connectivity index (χ0) is 17.9. The first kappa shape index (κ1) is 17.0. The molecule has 0 saturated carbocycles. The van der Waals surface area contributed by atoms with E-state index in [9.17, 15) is 4.79 Å². The Kier molecular flexibility index (Phi) is 4.87. The quantitative estimate of drug-likeness (QED) is 0.480. The molecule has 4 rings (SSSR count). The van der Waals surface area contributed by atoms with Crippen molar-refractivity contribution in [3.8, 4) is 0 Å². The number of anilines is 1. The standard InChI is InChI=1S/C17H12ClN3O3S2/c18-11-3-4-13-15(8-11)26-17(20-13)21(19-9-12-2-1-7-25-12)16(22)14-10-23-5-6-24-14/h1-4,7-10H,5-6H2/b19-9-. The third kappa shape index (κ3) is 3.57. The summed E-state index contributed by atoms with van der Waals surface area (Å²) in [5.74, 6) is -0.348. The average Bonchev–Trinajstić information content (AvgIpc) is 3.31. The Morgan fingerprint density at radius 3 is 3.04 bits per heavy atom. The number of nitrogens with zero attached hydrogens (tertiary/aromatic N) is 3. The summed E-state index contributed by atoms with van der Waals surface area (Å²) in [5.41, 5.74) is 0.744.